The van der Waals surface area contributed by atoms with Gasteiger partial charge in [-0.25, -0.2) is 4.98 Å². The summed E-state index contributed by atoms with van der Waals surface area (Å²) in [4.78, 5) is 34.2. The normalized spacial score (nSPS) is 15.0. The van der Waals surface area contributed by atoms with Crippen LogP contribution in [0.1, 0.15) is 21.1 Å². The molecule has 0 radical (unpaired) electrons. The molecule has 0 spiro atoms. The first-order chi connectivity index (χ1) is 13.5. The quantitative estimate of drug-likeness (QED) is 0.737. The molecule has 1 aliphatic heterocycles. The van der Waals surface area contributed by atoms with Crippen LogP contribution >= 0.6 is 11.6 Å². The number of anilines is 1. The van der Waals surface area contributed by atoms with Gasteiger partial charge in [0.1, 0.15) is 0 Å². The number of piperazine rings is 1. The monoisotopic (exact) mass is 397 g/mol. The number of likely N-dealkylation sites (N-methyl/N-ethyl adjacent to an activating group) is 1. The zero-order chi connectivity index (χ0) is 19.7. The fourth-order valence-electron chi connectivity index (χ4n) is 3.26. The molecule has 0 unspecified atom stereocenters. The van der Waals surface area contributed by atoms with Crippen molar-refractivity contribution in [2.24, 2.45) is 0 Å². The molecule has 28 heavy (non-hydrogen) atoms. The van der Waals surface area contributed by atoms with Crippen molar-refractivity contribution < 1.29 is 9.59 Å². The van der Waals surface area contributed by atoms with Gasteiger partial charge in [0, 0.05) is 43.1 Å². The van der Waals surface area contributed by atoms with Gasteiger partial charge in [-0.3, -0.25) is 14.0 Å². The number of nitrogens with one attached hydrogen (secondary N) is 1. The fourth-order valence-corrected chi connectivity index (χ4v) is 3.45. The number of carbonyl (C=O) groups excluding carboxylic acids is 2. The van der Waals surface area contributed by atoms with E-state index >= 15 is 0 Å². The van der Waals surface area contributed by atoms with Gasteiger partial charge in [0.2, 0.25) is 5.82 Å². The molecule has 0 aliphatic carbocycles. The first kappa shape index (κ1) is 18.5. The van der Waals surface area contributed by atoms with Crippen molar-refractivity contribution in [2.45, 2.75) is 0 Å². The van der Waals surface area contributed by atoms with Crippen LogP contribution in [0.3, 0.4) is 0 Å². The van der Waals surface area contributed by atoms with Crippen molar-refractivity contribution >= 4 is 34.6 Å². The average molecular weight is 398 g/mol. The maximum Gasteiger partial charge on any atom is 0.290 e. The molecule has 2 aromatic heterocycles. The number of rotatable bonds is 3. The number of hydrogen-bond donors (Lipinski definition) is 1. The Morgan fingerprint density at radius 2 is 1.86 bits per heavy atom. The van der Waals surface area contributed by atoms with E-state index in [0.717, 1.165) is 13.1 Å². The lowest BCUT2D eigenvalue weighted by Gasteiger charge is -2.31. The van der Waals surface area contributed by atoms with Crippen molar-refractivity contribution in [1.29, 1.82) is 0 Å². The van der Waals surface area contributed by atoms with Crippen LogP contribution in [-0.2, 0) is 0 Å². The molecule has 1 N–H and O–H groups in total. The summed E-state index contributed by atoms with van der Waals surface area (Å²) in [6.45, 7) is 2.91. The number of nitrogens with zero attached hydrogens (tertiary/aromatic N) is 4. The summed E-state index contributed by atoms with van der Waals surface area (Å²) in [5.41, 5.74) is 1.36. The first-order valence-electron chi connectivity index (χ1n) is 9.05. The minimum absolute atomic E-state index is 0.170. The molecular formula is C20H20ClN5O2. The molecule has 1 fully saturated rings. The highest BCUT2D eigenvalue weighted by molar-refractivity contribution is 6.31. The molecular weight excluding hydrogens is 378 g/mol. The summed E-state index contributed by atoms with van der Waals surface area (Å²) >= 11 is 5.99. The van der Waals surface area contributed by atoms with Gasteiger partial charge in [-0.1, -0.05) is 23.7 Å². The number of carbonyl (C=O) groups is 2. The number of pyridine rings is 1. The molecule has 7 nitrogen and oxygen atoms in total. The Morgan fingerprint density at radius 3 is 2.61 bits per heavy atom. The number of imidazole rings is 1. The van der Waals surface area contributed by atoms with E-state index in [1.807, 2.05) is 19.2 Å². The number of halogens is 1. The van der Waals surface area contributed by atoms with Crippen LogP contribution in [0.2, 0.25) is 5.02 Å². The Kier molecular flexibility index (Phi) is 5.02. The predicted molar refractivity (Wildman–Crippen MR) is 108 cm³/mol. The molecule has 0 bridgehead atoms. The molecule has 3 heterocycles. The summed E-state index contributed by atoms with van der Waals surface area (Å²) in [5, 5.41) is 3.32. The van der Waals surface area contributed by atoms with Crippen molar-refractivity contribution in [2.75, 3.05) is 38.5 Å². The third kappa shape index (κ3) is 3.58. The van der Waals surface area contributed by atoms with E-state index in [1.54, 1.807) is 45.8 Å². The zero-order valence-electron chi connectivity index (χ0n) is 15.4. The summed E-state index contributed by atoms with van der Waals surface area (Å²) in [5.74, 6) is -0.309. The largest absolute Gasteiger partial charge is 0.333 e. The molecule has 1 saturated heterocycles. The van der Waals surface area contributed by atoms with Crippen LogP contribution < -0.4 is 5.32 Å². The third-order valence-electron chi connectivity index (χ3n) is 4.83. The number of aromatic nitrogens is 2. The summed E-state index contributed by atoms with van der Waals surface area (Å²) in [6, 6.07) is 12.3. The summed E-state index contributed by atoms with van der Waals surface area (Å²) < 4.78 is 1.67. The van der Waals surface area contributed by atoms with E-state index in [4.69, 9.17) is 11.6 Å². The third-order valence-corrected chi connectivity index (χ3v) is 5.06. The number of benzene rings is 1. The highest BCUT2D eigenvalue weighted by Gasteiger charge is 2.27. The minimum Gasteiger partial charge on any atom is -0.333 e. The van der Waals surface area contributed by atoms with E-state index in [2.05, 4.69) is 15.2 Å². The van der Waals surface area contributed by atoms with Crippen molar-refractivity contribution in [3.8, 4) is 0 Å². The second-order valence-electron chi connectivity index (χ2n) is 6.80. The van der Waals surface area contributed by atoms with Crippen LogP contribution in [0, 0.1) is 0 Å². The van der Waals surface area contributed by atoms with E-state index in [0.29, 0.717) is 29.3 Å². The lowest BCUT2D eigenvalue weighted by Crippen LogP contribution is -2.47. The van der Waals surface area contributed by atoms with E-state index in [1.165, 1.54) is 0 Å². The van der Waals surface area contributed by atoms with Crippen LogP contribution in [0.5, 0.6) is 0 Å². The maximum atomic E-state index is 13.0. The van der Waals surface area contributed by atoms with Gasteiger partial charge in [0.15, 0.2) is 5.69 Å². The molecule has 0 atom stereocenters. The lowest BCUT2D eigenvalue weighted by atomic mass is 10.3. The van der Waals surface area contributed by atoms with Gasteiger partial charge in [-0.15, -0.1) is 0 Å². The van der Waals surface area contributed by atoms with Crippen LogP contribution in [0.4, 0.5) is 5.69 Å². The van der Waals surface area contributed by atoms with E-state index < -0.39 is 0 Å². The second kappa shape index (κ2) is 7.61. The van der Waals surface area contributed by atoms with Gasteiger partial charge in [0.25, 0.3) is 11.8 Å². The first-order valence-corrected chi connectivity index (χ1v) is 9.42. The van der Waals surface area contributed by atoms with Gasteiger partial charge < -0.3 is 15.1 Å². The summed E-state index contributed by atoms with van der Waals surface area (Å²) in [6.07, 6.45) is 1.75. The Balaban J connectivity index is 1.66. The zero-order valence-corrected chi connectivity index (χ0v) is 16.2. The Labute approximate surface area is 167 Å². The number of amides is 2. The number of hydrogen-bond acceptors (Lipinski definition) is 4. The topological polar surface area (TPSA) is 69.9 Å². The molecule has 144 valence electrons. The van der Waals surface area contributed by atoms with E-state index in [9.17, 15) is 9.59 Å². The van der Waals surface area contributed by atoms with Crippen LogP contribution in [-0.4, -0.2) is 64.2 Å². The van der Waals surface area contributed by atoms with Crippen molar-refractivity contribution in [1.82, 2.24) is 19.2 Å². The number of fused-ring (bicyclic) bond motifs is 1. The maximum absolute atomic E-state index is 13.0. The van der Waals surface area contributed by atoms with Gasteiger partial charge in [-0.2, -0.15) is 0 Å². The van der Waals surface area contributed by atoms with Crippen LogP contribution in [0.25, 0.3) is 5.52 Å². The highest BCUT2D eigenvalue weighted by atomic mass is 35.5. The molecule has 2 amide bonds. The molecule has 0 saturated carbocycles. The van der Waals surface area contributed by atoms with Gasteiger partial charge >= 0.3 is 0 Å². The molecule has 1 aromatic carbocycles. The molecule has 1 aliphatic rings. The minimum atomic E-state index is -0.386. The Bertz CT molecular complexity index is 1040. The second-order valence-corrected chi connectivity index (χ2v) is 7.24. The van der Waals surface area contributed by atoms with Gasteiger partial charge in [-0.05, 0) is 37.4 Å². The predicted octanol–water partition coefficient (Wildman–Crippen LogP) is 2.63. The van der Waals surface area contributed by atoms with Crippen molar-refractivity contribution in [3.05, 3.63) is 65.2 Å². The van der Waals surface area contributed by atoms with Crippen molar-refractivity contribution in [3.63, 3.8) is 0 Å². The fraction of sp³-hybridized carbons (Fsp3) is 0.250. The Morgan fingerprint density at radius 1 is 1.07 bits per heavy atom. The Hall–Kier alpha value is -2.90. The van der Waals surface area contributed by atoms with Crippen LogP contribution in [0.15, 0.2) is 48.7 Å². The standard InChI is InChI=1S/C20H20ClN5O2/c1-24-9-11-25(12-10-24)20(28)18-23-17(16-7-2-3-8-26(16)18)19(27)22-15-6-4-5-14(21)13-15/h2-8,13H,9-12H2,1H3,(H,22,27). The molecule has 3 aromatic rings. The van der Waals surface area contributed by atoms with Gasteiger partial charge in [0.05, 0.1) is 5.52 Å². The average Bonchev–Trinajstić information content (AvgIpc) is 3.08. The highest BCUT2D eigenvalue weighted by Crippen LogP contribution is 2.19. The summed E-state index contributed by atoms with van der Waals surface area (Å²) in [7, 11) is 2.03. The smallest absolute Gasteiger partial charge is 0.290 e. The molecule has 8 heteroatoms. The lowest BCUT2D eigenvalue weighted by molar-refractivity contribution is 0.0651. The SMILES string of the molecule is CN1CCN(C(=O)c2nc(C(=O)Nc3cccc(Cl)c3)c3ccccn23)CC1. The molecule has 4 rings (SSSR count). The van der Waals surface area contributed by atoms with E-state index in [-0.39, 0.29) is 23.3 Å².